The molecule has 1 unspecified atom stereocenters. The Morgan fingerprint density at radius 2 is 1.90 bits per heavy atom. The molecule has 8 heteroatoms. The van der Waals surface area contributed by atoms with Crippen LogP contribution >= 0.6 is 27.5 Å². The lowest BCUT2D eigenvalue weighted by Gasteiger charge is -2.08. The Morgan fingerprint density at radius 1 is 1.30 bits per heavy atom. The molecular weight excluding hydrogens is 371 g/mol. The zero-order valence-corrected chi connectivity index (χ0v) is 13.4. The molecule has 0 fully saturated rings. The van der Waals surface area contributed by atoms with E-state index in [-0.39, 0.29) is 15.5 Å². The molecule has 0 saturated heterocycles. The average Bonchev–Trinajstić information content (AvgIpc) is 2.39. The first-order chi connectivity index (χ1) is 9.32. The number of benzene rings is 1. The van der Waals surface area contributed by atoms with Gasteiger partial charge in [0.1, 0.15) is 5.82 Å². The first-order valence-corrected chi connectivity index (χ1v) is 8.27. The minimum atomic E-state index is -4.05. The Bertz CT molecular complexity index is 736. The number of nitrogens with zero attached hydrogens (tertiary/aromatic N) is 2. The number of rotatable bonds is 3. The second kappa shape index (κ2) is 5.75. The van der Waals surface area contributed by atoms with Crippen LogP contribution in [0.15, 0.2) is 40.4 Å². The molecule has 0 amide bonds. The number of halogens is 3. The summed E-state index contributed by atoms with van der Waals surface area (Å²) in [6.07, 6.45) is 0.850. The number of sulfone groups is 1. The molecule has 0 aliphatic heterocycles. The highest BCUT2D eigenvalue weighted by Crippen LogP contribution is 2.25. The normalized spacial score (nSPS) is 13.2. The van der Waals surface area contributed by atoms with Crippen LogP contribution in [0.4, 0.5) is 4.39 Å². The van der Waals surface area contributed by atoms with Crippen LogP contribution < -0.4 is 0 Å². The Balaban J connectivity index is 2.59. The first-order valence-electron chi connectivity index (χ1n) is 5.49. The van der Waals surface area contributed by atoms with Crippen LogP contribution in [-0.4, -0.2) is 18.4 Å². The standard InChI is InChI=1S/C12H9BrClFN2O2S/c1-7(13)11-16-6-10(15)12(17-11)20(18,19)9-4-2-8(14)3-5-9/h2-7H,1H3. The van der Waals surface area contributed by atoms with Crippen LogP contribution in [0.2, 0.25) is 5.02 Å². The molecule has 0 aliphatic rings. The highest BCUT2D eigenvalue weighted by Gasteiger charge is 2.25. The second-order valence-corrected chi connectivity index (χ2v) is 7.63. The minimum Gasteiger partial charge on any atom is -0.237 e. The number of alkyl halides is 1. The monoisotopic (exact) mass is 378 g/mol. The molecule has 0 aliphatic carbocycles. The van der Waals surface area contributed by atoms with Crippen LogP contribution in [-0.2, 0) is 9.84 Å². The number of hydrogen-bond donors (Lipinski definition) is 0. The van der Waals surface area contributed by atoms with E-state index in [0.29, 0.717) is 5.02 Å². The van der Waals surface area contributed by atoms with Crippen molar-refractivity contribution in [3.05, 3.63) is 47.1 Å². The van der Waals surface area contributed by atoms with Crippen LogP contribution in [0.5, 0.6) is 0 Å². The van der Waals surface area contributed by atoms with Crippen molar-refractivity contribution in [2.45, 2.75) is 21.7 Å². The van der Waals surface area contributed by atoms with Crippen LogP contribution in [0.1, 0.15) is 17.6 Å². The SMILES string of the molecule is CC(Br)c1ncc(F)c(S(=O)(=O)c2ccc(Cl)cc2)n1. The Kier molecular flexibility index (Phi) is 4.41. The summed E-state index contributed by atoms with van der Waals surface area (Å²) in [4.78, 5) is 7.16. The molecule has 1 atom stereocenters. The van der Waals surface area contributed by atoms with Crippen molar-refractivity contribution in [1.29, 1.82) is 0 Å². The third-order valence-electron chi connectivity index (χ3n) is 2.46. The summed E-state index contributed by atoms with van der Waals surface area (Å²) in [5.41, 5.74) is 0. The van der Waals surface area contributed by atoms with Gasteiger partial charge in [0.05, 0.1) is 15.9 Å². The summed E-state index contributed by atoms with van der Waals surface area (Å²) in [6.45, 7) is 1.71. The number of hydrogen-bond acceptors (Lipinski definition) is 4. The fourth-order valence-corrected chi connectivity index (χ4v) is 3.06. The number of aromatic nitrogens is 2. The van der Waals surface area contributed by atoms with E-state index in [1.54, 1.807) is 6.92 Å². The van der Waals surface area contributed by atoms with Crippen molar-refractivity contribution in [3.8, 4) is 0 Å². The lowest BCUT2D eigenvalue weighted by atomic mass is 10.4. The predicted molar refractivity (Wildman–Crippen MR) is 76.2 cm³/mol. The second-order valence-electron chi connectivity index (χ2n) is 3.95. The zero-order chi connectivity index (χ0) is 14.9. The topological polar surface area (TPSA) is 59.9 Å². The van der Waals surface area contributed by atoms with Gasteiger partial charge in [0.2, 0.25) is 9.84 Å². The molecule has 1 heterocycles. The molecule has 20 heavy (non-hydrogen) atoms. The van der Waals surface area contributed by atoms with Gasteiger partial charge in [-0.05, 0) is 31.2 Å². The molecule has 2 aromatic rings. The van der Waals surface area contributed by atoms with Crippen molar-refractivity contribution in [1.82, 2.24) is 9.97 Å². The average molecular weight is 380 g/mol. The van der Waals surface area contributed by atoms with Gasteiger partial charge in [-0.25, -0.2) is 22.8 Å². The maximum Gasteiger partial charge on any atom is 0.226 e. The van der Waals surface area contributed by atoms with E-state index in [2.05, 4.69) is 25.9 Å². The van der Waals surface area contributed by atoms with Crippen molar-refractivity contribution in [2.75, 3.05) is 0 Å². The van der Waals surface area contributed by atoms with Crippen molar-refractivity contribution in [3.63, 3.8) is 0 Å². The molecule has 0 spiro atoms. The fraction of sp³-hybridized carbons (Fsp3) is 0.167. The van der Waals surface area contributed by atoms with Gasteiger partial charge in [0.25, 0.3) is 0 Å². The molecule has 0 radical (unpaired) electrons. The summed E-state index contributed by atoms with van der Waals surface area (Å²) in [6, 6.07) is 5.44. The van der Waals surface area contributed by atoms with Gasteiger partial charge in [-0.1, -0.05) is 27.5 Å². The third-order valence-corrected chi connectivity index (χ3v) is 4.81. The van der Waals surface area contributed by atoms with Gasteiger partial charge in [-0.3, -0.25) is 0 Å². The van der Waals surface area contributed by atoms with E-state index in [1.807, 2.05) is 0 Å². The third kappa shape index (κ3) is 2.99. The van der Waals surface area contributed by atoms with E-state index in [0.717, 1.165) is 6.20 Å². The summed E-state index contributed by atoms with van der Waals surface area (Å²) in [5.74, 6) is -0.796. The Morgan fingerprint density at radius 3 is 2.45 bits per heavy atom. The highest BCUT2D eigenvalue weighted by molar-refractivity contribution is 9.09. The molecule has 0 N–H and O–H groups in total. The van der Waals surface area contributed by atoms with E-state index < -0.39 is 20.7 Å². The van der Waals surface area contributed by atoms with E-state index in [4.69, 9.17) is 11.6 Å². The fourth-order valence-electron chi connectivity index (χ4n) is 1.47. The summed E-state index contributed by atoms with van der Waals surface area (Å²) < 4.78 is 38.5. The maximum atomic E-state index is 13.7. The quantitative estimate of drug-likeness (QED) is 0.604. The van der Waals surface area contributed by atoms with Gasteiger partial charge in [0, 0.05) is 5.02 Å². The highest BCUT2D eigenvalue weighted by atomic mass is 79.9. The summed E-state index contributed by atoms with van der Waals surface area (Å²) in [7, 11) is -4.05. The van der Waals surface area contributed by atoms with E-state index >= 15 is 0 Å². The molecule has 0 saturated carbocycles. The lowest BCUT2D eigenvalue weighted by Crippen LogP contribution is -2.10. The molecule has 2 rings (SSSR count). The first kappa shape index (κ1) is 15.3. The molecule has 106 valence electrons. The Labute approximate surface area is 129 Å². The Hall–Kier alpha value is -1.05. The molecular formula is C12H9BrClFN2O2S. The summed E-state index contributed by atoms with van der Waals surface area (Å²) >= 11 is 8.92. The molecule has 0 bridgehead atoms. The lowest BCUT2D eigenvalue weighted by molar-refractivity contribution is 0.543. The smallest absolute Gasteiger partial charge is 0.226 e. The van der Waals surface area contributed by atoms with E-state index in [1.165, 1.54) is 24.3 Å². The molecule has 1 aromatic heterocycles. The molecule has 4 nitrogen and oxygen atoms in total. The molecule has 1 aromatic carbocycles. The maximum absolute atomic E-state index is 13.7. The van der Waals surface area contributed by atoms with Gasteiger partial charge < -0.3 is 0 Å². The van der Waals surface area contributed by atoms with Crippen LogP contribution in [0.3, 0.4) is 0 Å². The van der Waals surface area contributed by atoms with Crippen molar-refractivity contribution >= 4 is 37.4 Å². The predicted octanol–water partition coefficient (Wildman–Crippen LogP) is 3.56. The van der Waals surface area contributed by atoms with Gasteiger partial charge >= 0.3 is 0 Å². The van der Waals surface area contributed by atoms with Gasteiger partial charge in [0.15, 0.2) is 10.8 Å². The van der Waals surface area contributed by atoms with E-state index in [9.17, 15) is 12.8 Å². The van der Waals surface area contributed by atoms with Crippen molar-refractivity contribution < 1.29 is 12.8 Å². The summed E-state index contributed by atoms with van der Waals surface area (Å²) in [5, 5.41) is -0.252. The largest absolute Gasteiger partial charge is 0.237 e. The van der Waals surface area contributed by atoms with Gasteiger partial charge in [-0.2, -0.15) is 0 Å². The van der Waals surface area contributed by atoms with Gasteiger partial charge in [-0.15, -0.1) is 0 Å². The van der Waals surface area contributed by atoms with Crippen LogP contribution in [0.25, 0.3) is 0 Å². The zero-order valence-electron chi connectivity index (χ0n) is 10.2. The van der Waals surface area contributed by atoms with Crippen LogP contribution in [0, 0.1) is 5.82 Å². The van der Waals surface area contributed by atoms with Crippen molar-refractivity contribution in [2.24, 2.45) is 0 Å². The minimum absolute atomic E-state index is 0.0762.